The number of methoxy groups -OCH3 is 1. The first kappa shape index (κ1) is 16.0. The zero-order chi connectivity index (χ0) is 16.9. The Balaban J connectivity index is 1.66. The largest absolute Gasteiger partial charge is 0.497 e. The maximum atomic E-state index is 11.4. The summed E-state index contributed by atoms with van der Waals surface area (Å²) < 4.78 is 5.14. The number of carbonyl (C=O) groups is 1. The standard InChI is InChI=1S/C16H20N6O2/c1-12(23)21-7-9-22(10-8-21)15-11-17-20-16(19-15)18-13-3-5-14(24-2)6-4-13/h3-6,11H,7-10H2,1-2H3,(H,18,19,20). The highest BCUT2D eigenvalue weighted by Crippen LogP contribution is 2.19. The van der Waals surface area contributed by atoms with Gasteiger partial charge in [-0.15, -0.1) is 5.10 Å². The molecule has 0 bridgehead atoms. The number of amides is 1. The van der Waals surface area contributed by atoms with Crippen molar-refractivity contribution < 1.29 is 9.53 Å². The number of benzene rings is 1. The van der Waals surface area contributed by atoms with Gasteiger partial charge in [0.25, 0.3) is 0 Å². The van der Waals surface area contributed by atoms with E-state index in [9.17, 15) is 4.79 Å². The molecule has 1 amide bonds. The van der Waals surface area contributed by atoms with E-state index in [4.69, 9.17) is 4.74 Å². The molecule has 1 aliphatic rings. The maximum absolute atomic E-state index is 11.4. The van der Waals surface area contributed by atoms with Crippen LogP contribution in [0.2, 0.25) is 0 Å². The second kappa shape index (κ2) is 7.12. The van der Waals surface area contributed by atoms with Crippen LogP contribution in [0.3, 0.4) is 0 Å². The fraction of sp³-hybridized carbons (Fsp3) is 0.375. The van der Waals surface area contributed by atoms with Gasteiger partial charge in [-0.25, -0.2) is 0 Å². The van der Waals surface area contributed by atoms with E-state index >= 15 is 0 Å². The van der Waals surface area contributed by atoms with E-state index in [-0.39, 0.29) is 5.91 Å². The van der Waals surface area contributed by atoms with E-state index < -0.39 is 0 Å². The first-order chi connectivity index (χ1) is 11.7. The van der Waals surface area contributed by atoms with E-state index in [0.717, 1.165) is 30.3 Å². The molecule has 1 N–H and O–H groups in total. The van der Waals surface area contributed by atoms with Crippen molar-refractivity contribution in [3.05, 3.63) is 30.5 Å². The summed E-state index contributed by atoms with van der Waals surface area (Å²) in [6, 6.07) is 7.50. The van der Waals surface area contributed by atoms with Crippen molar-refractivity contribution in [2.24, 2.45) is 0 Å². The fourth-order valence-electron chi connectivity index (χ4n) is 2.55. The van der Waals surface area contributed by atoms with Crippen LogP contribution in [0.1, 0.15) is 6.92 Å². The number of piperazine rings is 1. The van der Waals surface area contributed by atoms with Gasteiger partial charge in [0.1, 0.15) is 5.75 Å². The van der Waals surface area contributed by atoms with Crippen LogP contribution in [-0.2, 0) is 4.79 Å². The van der Waals surface area contributed by atoms with Gasteiger partial charge in [-0.05, 0) is 24.3 Å². The van der Waals surface area contributed by atoms with Gasteiger partial charge < -0.3 is 19.9 Å². The molecule has 126 valence electrons. The van der Waals surface area contributed by atoms with Crippen LogP contribution in [0.5, 0.6) is 5.75 Å². The average molecular weight is 328 g/mol. The number of carbonyl (C=O) groups excluding carboxylic acids is 1. The SMILES string of the molecule is COc1ccc(Nc2nncc(N3CCN(C(C)=O)CC3)n2)cc1. The molecule has 0 unspecified atom stereocenters. The summed E-state index contributed by atoms with van der Waals surface area (Å²) in [6.45, 7) is 4.46. The second-order valence-electron chi connectivity index (χ2n) is 5.48. The lowest BCUT2D eigenvalue weighted by atomic mass is 10.3. The number of hydrogen-bond acceptors (Lipinski definition) is 7. The number of ether oxygens (including phenoxy) is 1. The summed E-state index contributed by atoms with van der Waals surface area (Å²) in [7, 11) is 1.63. The molecule has 0 saturated carbocycles. The van der Waals surface area contributed by atoms with Gasteiger partial charge in [0.05, 0.1) is 13.3 Å². The lowest BCUT2D eigenvalue weighted by Crippen LogP contribution is -2.48. The number of aromatic nitrogens is 3. The third-order valence-corrected chi connectivity index (χ3v) is 3.94. The van der Waals surface area contributed by atoms with Gasteiger partial charge in [0, 0.05) is 38.8 Å². The van der Waals surface area contributed by atoms with Gasteiger partial charge in [0.15, 0.2) is 5.82 Å². The van der Waals surface area contributed by atoms with Gasteiger partial charge in [-0.2, -0.15) is 10.1 Å². The van der Waals surface area contributed by atoms with Crippen molar-refractivity contribution in [3.8, 4) is 5.75 Å². The molecule has 2 heterocycles. The quantitative estimate of drug-likeness (QED) is 0.905. The van der Waals surface area contributed by atoms with Crippen LogP contribution in [0.4, 0.5) is 17.5 Å². The smallest absolute Gasteiger partial charge is 0.249 e. The second-order valence-corrected chi connectivity index (χ2v) is 5.48. The highest BCUT2D eigenvalue weighted by atomic mass is 16.5. The van der Waals surface area contributed by atoms with Crippen LogP contribution in [0, 0.1) is 0 Å². The normalized spacial score (nSPS) is 14.4. The van der Waals surface area contributed by atoms with Crippen molar-refractivity contribution >= 4 is 23.4 Å². The molecule has 0 spiro atoms. The van der Waals surface area contributed by atoms with Gasteiger partial charge in [0.2, 0.25) is 11.9 Å². The number of hydrogen-bond donors (Lipinski definition) is 1. The van der Waals surface area contributed by atoms with E-state index in [0.29, 0.717) is 19.0 Å². The van der Waals surface area contributed by atoms with Gasteiger partial charge >= 0.3 is 0 Å². The van der Waals surface area contributed by atoms with Crippen molar-refractivity contribution in [2.45, 2.75) is 6.92 Å². The van der Waals surface area contributed by atoms with E-state index in [2.05, 4.69) is 25.4 Å². The van der Waals surface area contributed by atoms with Crippen LogP contribution in [-0.4, -0.2) is 59.3 Å². The first-order valence-corrected chi connectivity index (χ1v) is 7.77. The van der Waals surface area contributed by atoms with Crippen LogP contribution < -0.4 is 15.0 Å². The Morgan fingerprint density at radius 3 is 2.50 bits per heavy atom. The number of nitrogens with zero attached hydrogens (tertiary/aromatic N) is 5. The lowest BCUT2D eigenvalue weighted by Gasteiger charge is -2.34. The zero-order valence-electron chi connectivity index (χ0n) is 13.8. The van der Waals surface area contributed by atoms with Gasteiger partial charge in [-0.3, -0.25) is 4.79 Å². The van der Waals surface area contributed by atoms with Crippen molar-refractivity contribution in [3.63, 3.8) is 0 Å². The molecule has 8 heteroatoms. The van der Waals surface area contributed by atoms with Crippen molar-refractivity contribution in [2.75, 3.05) is 43.5 Å². The Morgan fingerprint density at radius 1 is 1.17 bits per heavy atom. The number of nitrogens with one attached hydrogen (secondary N) is 1. The minimum atomic E-state index is 0.109. The van der Waals surface area contributed by atoms with Gasteiger partial charge in [-0.1, -0.05) is 0 Å². The molecular weight excluding hydrogens is 308 g/mol. The summed E-state index contributed by atoms with van der Waals surface area (Å²) >= 11 is 0. The van der Waals surface area contributed by atoms with Crippen molar-refractivity contribution in [1.82, 2.24) is 20.1 Å². The number of rotatable bonds is 4. The van der Waals surface area contributed by atoms with Crippen LogP contribution >= 0.6 is 0 Å². The molecule has 3 rings (SSSR count). The van der Waals surface area contributed by atoms with Crippen molar-refractivity contribution in [1.29, 1.82) is 0 Å². The third kappa shape index (κ3) is 3.70. The molecule has 1 fully saturated rings. The third-order valence-electron chi connectivity index (χ3n) is 3.94. The number of anilines is 3. The molecular formula is C16H20N6O2. The Bertz CT molecular complexity index is 698. The zero-order valence-corrected chi connectivity index (χ0v) is 13.8. The predicted octanol–water partition coefficient (Wildman–Crippen LogP) is 1.29. The molecule has 1 saturated heterocycles. The summed E-state index contributed by atoms with van der Waals surface area (Å²) in [5, 5.41) is 11.2. The average Bonchev–Trinajstić information content (AvgIpc) is 2.63. The van der Waals surface area contributed by atoms with E-state index in [1.807, 2.05) is 29.2 Å². The molecule has 1 aromatic heterocycles. The summed E-state index contributed by atoms with van der Waals surface area (Å²) in [6.07, 6.45) is 1.64. The molecule has 0 atom stereocenters. The Kier molecular flexibility index (Phi) is 4.74. The minimum Gasteiger partial charge on any atom is -0.497 e. The molecule has 0 radical (unpaired) electrons. The molecule has 8 nitrogen and oxygen atoms in total. The van der Waals surface area contributed by atoms with E-state index in [1.165, 1.54) is 0 Å². The molecule has 1 aliphatic heterocycles. The maximum Gasteiger partial charge on any atom is 0.249 e. The van der Waals surface area contributed by atoms with Crippen LogP contribution in [0.25, 0.3) is 0 Å². The summed E-state index contributed by atoms with van der Waals surface area (Å²) in [4.78, 5) is 19.8. The fourth-order valence-corrected chi connectivity index (χ4v) is 2.55. The van der Waals surface area contributed by atoms with E-state index in [1.54, 1.807) is 20.2 Å². The predicted molar refractivity (Wildman–Crippen MR) is 90.6 cm³/mol. The Hall–Kier alpha value is -2.90. The first-order valence-electron chi connectivity index (χ1n) is 7.77. The van der Waals surface area contributed by atoms with Crippen LogP contribution in [0.15, 0.2) is 30.5 Å². The lowest BCUT2D eigenvalue weighted by molar-refractivity contribution is -0.129. The summed E-state index contributed by atoms with van der Waals surface area (Å²) in [5.41, 5.74) is 0.858. The molecule has 24 heavy (non-hydrogen) atoms. The highest BCUT2D eigenvalue weighted by Gasteiger charge is 2.20. The monoisotopic (exact) mass is 328 g/mol. The molecule has 2 aromatic rings. The highest BCUT2D eigenvalue weighted by molar-refractivity contribution is 5.73. The Morgan fingerprint density at radius 2 is 1.88 bits per heavy atom. The topological polar surface area (TPSA) is 83.5 Å². The minimum absolute atomic E-state index is 0.109. The Labute approximate surface area is 140 Å². The molecule has 1 aromatic carbocycles. The molecule has 0 aliphatic carbocycles. The summed E-state index contributed by atoms with van der Waals surface area (Å²) in [5.74, 6) is 2.09.